The number of rotatable bonds is 0. The van der Waals surface area contributed by atoms with E-state index in [1.54, 1.807) is 0 Å². The van der Waals surface area contributed by atoms with Crippen molar-refractivity contribution in [3.8, 4) is 0 Å². The Bertz CT molecular complexity index is 66.3. The Labute approximate surface area is 105 Å². The van der Waals surface area contributed by atoms with Crippen LogP contribution in [-0.2, 0) is 0 Å². The van der Waals surface area contributed by atoms with Crippen molar-refractivity contribution in [3.63, 3.8) is 0 Å². The van der Waals surface area contributed by atoms with Crippen molar-refractivity contribution in [1.29, 1.82) is 0 Å². The van der Waals surface area contributed by atoms with E-state index < -0.39 is 13.5 Å². The molecule has 0 unspecified atom stereocenters. The van der Waals surface area contributed by atoms with Crippen molar-refractivity contribution in [2.45, 2.75) is 6.17 Å². The van der Waals surface area contributed by atoms with Gasteiger partial charge in [0.05, 0.1) is 0 Å². The Morgan fingerprint density at radius 3 is 0.917 bits per heavy atom. The summed E-state index contributed by atoms with van der Waals surface area (Å²) in [6, 6.07) is 0. The van der Waals surface area contributed by atoms with E-state index in [1.807, 2.05) is 0 Å². The van der Waals surface area contributed by atoms with Crippen molar-refractivity contribution in [2.24, 2.45) is 11.5 Å². The molecule has 11 heteroatoms. The summed E-state index contributed by atoms with van der Waals surface area (Å²) >= 11 is 0. The first-order chi connectivity index (χ1) is 3.73. The van der Waals surface area contributed by atoms with E-state index in [0.717, 1.165) is 0 Å². The standard InChI is InChI=1S/CH4F2N2.BO3.3Li/c2-1(3,4)5;2-1(3)4;;;/h4-5H2;;;;/q;-3;3*+1. The van der Waals surface area contributed by atoms with Crippen LogP contribution in [0, 0.1) is 0 Å². The second-order valence-corrected chi connectivity index (χ2v) is 0.963. The van der Waals surface area contributed by atoms with Gasteiger partial charge in [-0.05, 0) is 0 Å². The van der Waals surface area contributed by atoms with E-state index in [9.17, 15) is 8.78 Å². The summed E-state index contributed by atoms with van der Waals surface area (Å²) in [4.78, 5) is 0. The van der Waals surface area contributed by atoms with Gasteiger partial charge in [-0.15, -0.1) is 0 Å². The molecule has 0 aliphatic heterocycles. The fraction of sp³-hybridized carbons (Fsp3) is 1.00. The maximum Gasteiger partial charge on any atom is 1.00 e. The largest absolute Gasteiger partial charge is 1.00 e. The summed E-state index contributed by atoms with van der Waals surface area (Å²) in [6.45, 7) is 0. The molecule has 0 aromatic rings. The third-order valence-electron chi connectivity index (χ3n) is 0. The monoisotopic (exact) mass is 162 g/mol. The predicted molar refractivity (Wildman–Crippen MR) is 19.1 cm³/mol. The molecule has 56 valence electrons. The van der Waals surface area contributed by atoms with E-state index in [1.165, 1.54) is 0 Å². The number of halogens is 2. The molecule has 0 fully saturated rings. The zero-order valence-corrected chi connectivity index (χ0v) is 7.21. The molecule has 0 radical (unpaired) electrons. The number of hydrogen-bond donors (Lipinski definition) is 2. The fourth-order valence-electron chi connectivity index (χ4n) is 0. The summed E-state index contributed by atoms with van der Waals surface area (Å²) in [6.07, 6.45) is -3.50. The maximum absolute atomic E-state index is 10.6. The van der Waals surface area contributed by atoms with Gasteiger partial charge in [-0.25, -0.2) is 0 Å². The molecule has 0 spiro atoms. The molecule has 0 saturated heterocycles. The molecule has 0 aliphatic carbocycles. The molecule has 0 aromatic heterocycles. The van der Waals surface area contributed by atoms with Crippen LogP contribution in [-0.4, -0.2) is 13.5 Å². The molecule has 12 heavy (non-hydrogen) atoms. The quantitative estimate of drug-likeness (QED) is 0.208. The molecule has 5 nitrogen and oxygen atoms in total. The van der Waals surface area contributed by atoms with Gasteiger partial charge in [0.15, 0.2) is 0 Å². The average Bonchev–Trinajstić information content (AvgIpc) is 1.19. The summed E-state index contributed by atoms with van der Waals surface area (Å²) < 4.78 is 21.2. The van der Waals surface area contributed by atoms with Crippen molar-refractivity contribution in [3.05, 3.63) is 0 Å². The topological polar surface area (TPSA) is 121 Å². The predicted octanol–water partition coefficient (Wildman–Crippen LogP) is -13.5. The van der Waals surface area contributed by atoms with Gasteiger partial charge in [-0.1, -0.05) is 0 Å². The van der Waals surface area contributed by atoms with Crippen molar-refractivity contribution < 1.29 is 80.4 Å². The Balaban J connectivity index is -0.0000000221. The van der Waals surface area contributed by atoms with Gasteiger partial charge in [0, 0.05) is 0 Å². The summed E-state index contributed by atoms with van der Waals surface area (Å²) in [5, 5.41) is 25.2. The second-order valence-electron chi connectivity index (χ2n) is 0.963. The number of nitrogens with two attached hydrogens (primary N) is 2. The van der Waals surface area contributed by atoms with Crippen LogP contribution in [0.4, 0.5) is 8.78 Å². The minimum Gasteiger partial charge on any atom is -0.907 e. The first kappa shape index (κ1) is 29.2. The Kier molecular flexibility index (Phi) is 36.5. The zero-order chi connectivity index (χ0) is 8.08. The van der Waals surface area contributed by atoms with Gasteiger partial charge >= 0.3 is 62.8 Å². The summed E-state index contributed by atoms with van der Waals surface area (Å²) in [7, 11) is -2.92. The van der Waals surface area contributed by atoms with Gasteiger partial charge in [0.2, 0.25) is 0 Å². The minimum absolute atomic E-state index is 0. The smallest absolute Gasteiger partial charge is 0.907 e. The maximum atomic E-state index is 10.6. The summed E-state index contributed by atoms with van der Waals surface area (Å²) in [5.41, 5.74) is 7.60. The Morgan fingerprint density at radius 1 is 0.917 bits per heavy atom. The van der Waals surface area contributed by atoms with Crippen LogP contribution in [0.1, 0.15) is 0 Å². The molecule has 0 amide bonds. The van der Waals surface area contributed by atoms with Crippen LogP contribution in [0.2, 0.25) is 0 Å². The van der Waals surface area contributed by atoms with Crippen LogP contribution in [0.15, 0.2) is 0 Å². The van der Waals surface area contributed by atoms with Crippen LogP contribution in [0.5, 0.6) is 0 Å². The van der Waals surface area contributed by atoms with E-state index in [0.29, 0.717) is 0 Å². The third-order valence-corrected chi connectivity index (χ3v) is 0. The number of hydrogen-bond acceptors (Lipinski definition) is 5. The van der Waals surface area contributed by atoms with E-state index in [-0.39, 0.29) is 56.6 Å². The summed E-state index contributed by atoms with van der Waals surface area (Å²) in [5.74, 6) is 0. The van der Waals surface area contributed by atoms with Gasteiger partial charge in [-0.3, -0.25) is 18.8 Å². The van der Waals surface area contributed by atoms with Gasteiger partial charge < -0.3 is 15.1 Å². The van der Waals surface area contributed by atoms with Crippen molar-refractivity contribution >= 4 is 7.32 Å². The number of alkyl halides is 2. The zero-order valence-electron chi connectivity index (χ0n) is 7.21. The van der Waals surface area contributed by atoms with E-state index in [4.69, 9.17) is 15.1 Å². The first-order valence-corrected chi connectivity index (χ1v) is 1.66. The molecule has 0 aromatic carbocycles. The Hall–Kier alpha value is 1.52. The SMILES string of the molecule is NC(N)(F)F.[Li+].[Li+].[Li+].[O-]B([O-])[O-]. The fourth-order valence-corrected chi connectivity index (χ4v) is 0. The van der Waals surface area contributed by atoms with Gasteiger partial charge in [0.1, 0.15) is 0 Å². The third kappa shape index (κ3) is 553. The van der Waals surface area contributed by atoms with E-state index >= 15 is 0 Å². The van der Waals surface area contributed by atoms with Crippen LogP contribution in [0.25, 0.3) is 0 Å². The molecule has 0 aliphatic rings. The van der Waals surface area contributed by atoms with Crippen molar-refractivity contribution in [1.82, 2.24) is 0 Å². The van der Waals surface area contributed by atoms with Gasteiger partial charge in [-0.2, -0.15) is 8.78 Å². The average molecular weight is 162 g/mol. The molecular formula is CH4BF2Li3N2O3. The first-order valence-electron chi connectivity index (χ1n) is 1.66. The molecule has 4 N–H and O–H groups in total. The molecule has 0 atom stereocenters. The van der Waals surface area contributed by atoms with Gasteiger partial charge in [0.25, 0.3) is 0 Å². The van der Waals surface area contributed by atoms with Crippen molar-refractivity contribution in [2.75, 3.05) is 0 Å². The molecule has 0 heterocycles. The second kappa shape index (κ2) is 15.0. The normalized spacial score (nSPS) is 7.25. The molecule has 0 saturated carbocycles. The van der Waals surface area contributed by atoms with Crippen LogP contribution < -0.4 is 83.1 Å². The Morgan fingerprint density at radius 2 is 0.917 bits per heavy atom. The van der Waals surface area contributed by atoms with Crippen LogP contribution in [0.3, 0.4) is 0 Å². The molecule has 0 bridgehead atoms. The minimum atomic E-state index is -3.50. The molecular weight excluding hydrogens is 158 g/mol. The molecule has 0 rings (SSSR count). The van der Waals surface area contributed by atoms with Crippen LogP contribution >= 0.6 is 0 Å². The van der Waals surface area contributed by atoms with E-state index in [2.05, 4.69) is 11.5 Å².